The molecule has 2 N–H and O–H groups in total. The van der Waals surface area contributed by atoms with Gasteiger partial charge in [0.15, 0.2) is 0 Å². The normalized spacial score (nSPS) is 22.9. The molecule has 82 valence electrons. The van der Waals surface area contributed by atoms with E-state index in [1.807, 2.05) is 19.9 Å². The van der Waals surface area contributed by atoms with Crippen LogP contribution in [0, 0.1) is 19.7 Å². The van der Waals surface area contributed by atoms with Crippen LogP contribution in [0.4, 0.5) is 4.39 Å². The predicted octanol–water partition coefficient (Wildman–Crippen LogP) is 3.12. The molecule has 0 heterocycles. The van der Waals surface area contributed by atoms with Gasteiger partial charge >= 0.3 is 0 Å². The van der Waals surface area contributed by atoms with E-state index in [0.29, 0.717) is 0 Å². The standard InChI is InChI=1S/C13H18FN/c1-7-5-9-11(8(2)12(7)14)10(15)6-13(9,3)4/h5,10H,6,15H2,1-4H3/t10-/m0/s1. The zero-order chi connectivity index (χ0) is 11.4. The van der Waals surface area contributed by atoms with Crippen molar-refractivity contribution in [1.29, 1.82) is 0 Å². The highest BCUT2D eigenvalue weighted by Crippen LogP contribution is 2.45. The van der Waals surface area contributed by atoms with E-state index in [9.17, 15) is 4.39 Å². The Bertz CT molecular complexity index is 421. The lowest BCUT2D eigenvalue weighted by Crippen LogP contribution is -2.14. The molecule has 1 aliphatic carbocycles. The van der Waals surface area contributed by atoms with Gasteiger partial charge in [0.1, 0.15) is 5.82 Å². The van der Waals surface area contributed by atoms with Gasteiger partial charge in [0.2, 0.25) is 0 Å². The number of hydrogen-bond donors (Lipinski definition) is 1. The van der Waals surface area contributed by atoms with Gasteiger partial charge in [0.05, 0.1) is 0 Å². The van der Waals surface area contributed by atoms with Crippen LogP contribution in [-0.2, 0) is 5.41 Å². The van der Waals surface area contributed by atoms with E-state index in [1.54, 1.807) is 0 Å². The zero-order valence-corrected chi connectivity index (χ0v) is 9.82. The molecule has 0 radical (unpaired) electrons. The van der Waals surface area contributed by atoms with Crippen molar-refractivity contribution in [3.05, 3.63) is 34.1 Å². The highest BCUT2D eigenvalue weighted by molar-refractivity contribution is 5.48. The summed E-state index contributed by atoms with van der Waals surface area (Å²) in [5, 5.41) is 0. The van der Waals surface area contributed by atoms with Gasteiger partial charge < -0.3 is 5.73 Å². The summed E-state index contributed by atoms with van der Waals surface area (Å²) in [6, 6.07) is 1.95. The summed E-state index contributed by atoms with van der Waals surface area (Å²) < 4.78 is 13.8. The minimum absolute atomic E-state index is 0.00917. The molecule has 1 aliphatic rings. The first kappa shape index (κ1) is 10.6. The van der Waals surface area contributed by atoms with Crippen LogP contribution in [0.2, 0.25) is 0 Å². The van der Waals surface area contributed by atoms with Crippen molar-refractivity contribution in [2.45, 2.75) is 45.6 Å². The van der Waals surface area contributed by atoms with Gasteiger partial charge in [-0.25, -0.2) is 4.39 Å². The Kier molecular flexibility index (Phi) is 2.16. The summed E-state index contributed by atoms with van der Waals surface area (Å²) in [5.41, 5.74) is 9.88. The lowest BCUT2D eigenvalue weighted by atomic mass is 9.85. The van der Waals surface area contributed by atoms with Crippen LogP contribution in [0.3, 0.4) is 0 Å². The fourth-order valence-electron chi connectivity index (χ4n) is 2.77. The molecule has 0 saturated carbocycles. The maximum atomic E-state index is 13.8. The Morgan fingerprint density at radius 1 is 1.40 bits per heavy atom. The molecule has 0 fully saturated rings. The SMILES string of the molecule is Cc1cc2c(c(C)c1F)[C@@H](N)CC2(C)C. The maximum absolute atomic E-state index is 13.8. The number of nitrogens with two attached hydrogens (primary N) is 1. The molecule has 0 amide bonds. The van der Waals surface area contributed by atoms with E-state index in [-0.39, 0.29) is 17.3 Å². The first-order valence-corrected chi connectivity index (χ1v) is 5.40. The van der Waals surface area contributed by atoms with Crippen molar-refractivity contribution in [1.82, 2.24) is 0 Å². The minimum Gasteiger partial charge on any atom is -0.324 e. The lowest BCUT2D eigenvalue weighted by Gasteiger charge is -2.20. The third-order valence-corrected chi connectivity index (χ3v) is 3.56. The fourth-order valence-corrected chi connectivity index (χ4v) is 2.77. The van der Waals surface area contributed by atoms with E-state index in [2.05, 4.69) is 13.8 Å². The van der Waals surface area contributed by atoms with Gasteiger partial charge in [-0.15, -0.1) is 0 Å². The second kappa shape index (κ2) is 3.05. The van der Waals surface area contributed by atoms with Gasteiger partial charge in [-0.1, -0.05) is 19.9 Å². The third kappa shape index (κ3) is 1.39. The Labute approximate surface area is 90.5 Å². The summed E-state index contributed by atoms with van der Waals surface area (Å²) >= 11 is 0. The minimum atomic E-state index is -0.0955. The second-order valence-electron chi connectivity index (χ2n) is 5.29. The number of rotatable bonds is 0. The predicted molar refractivity (Wildman–Crippen MR) is 60.4 cm³/mol. The van der Waals surface area contributed by atoms with Gasteiger partial charge in [0, 0.05) is 6.04 Å². The molecule has 0 bridgehead atoms. The second-order valence-corrected chi connectivity index (χ2v) is 5.29. The molecule has 2 rings (SSSR count). The number of halogens is 1. The van der Waals surface area contributed by atoms with Gasteiger partial charge in [-0.3, -0.25) is 0 Å². The Morgan fingerprint density at radius 3 is 2.60 bits per heavy atom. The molecule has 0 aliphatic heterocycles. The highest BCUT2D eigenvalue weighted by Gasteiger charge is 2.37. The van der Waals surface area contributed by atoms with Crippen molar-refractivity contribution in [3.63, 3.8) is 0 Å². The molecule has 0 unspecified atom stereocenters. The molecule has 1 nitrogen and oxygen atoms in total. The number of benzene rings is 1. The van der Waals surface area contributed by atoms with E-state index >= 15 is 0 Å². The number of fused-ring (bicyclic) bond motifs is 1. The van der Waals surface area contributed by atoms with Crippen molar-refractivity contribution in [2.75, 3.05) is 0 Å². The molecular weight excluding hydrogens is 189 g/mol. The average molecular weight is 207 g/mol. The smallest absolute Gasteiger partial charge is 0.129 e. The Balaban J connectivity index is 2.75. The first-order valence-electron chi connectivity index (χ1n) is 5.40. The summed E-state index contributed by atoms with van der Waals surface area (Å²) in [4.78, 5) is 0. The van der Waals surface area contributed by atoms with E-state index in [1.165, 1.54) is 5.56 Å². The van der Waals surface area contributed by atoms with Crippen molar-refractivity contribution in [3.8, 4) is 0 Å². The summed E-state index contributed by atoms with van der Waals surface area (Å²) in [6.07, 6.45) is 0.909. The highest BCUT2D eigenvalue weighted by atomic mass is 19.1. The van der Waals surface area contributed by atoms with E-state index < -0.39 is 0 Å². The van der Waals surface area contributed by atoms with Crippen molar-refractivity contribution in [2.24, 2.45) is 5.73 Å². The van der Waals surface area contributed by atoms with Crippen LogP contribution in [0.5, 0.6) is 0 Å². The van der Waals surface area contributed by atoms with E-state index in [4.69, 9.17) is 5.73 Å². The van der Waals surface area contributed by atoms with Gasteiger partial charge in [0.25, 0.3) is 0 Å². The van der Waals surface area contributed by atoms with Crippen LogP contribution in [-0.4, -0.2) is 0 Å². The molecular formula is C13H18FN. The molecule has 1 aromatic carbocycles. The topological polar surface area (TPSA) is 26.0 Å². The van der Waals surface area contributed by atoms with Crippen LogP contribution in [0.15, 0.2) is 6.07 Å². The molecule has 0 saturated heterocycles. The Morgan fingerprint density at radius 2 is 2.00 bits per heavy atom. The number of aryl methyl sites for hydroxylation is 1. The summed E-state index contributed by atoms with van der Waals surface area (Å²) in [5.74, 6) is -0.0955. The molecule has 15 heavy (non-hydrogen) atoms. The van der Waals surface area contributed by atoms with E-state index in [0.717, 1.165) is 23.1 Å². The molecule has 0 spiro atoms. The van der Waals surface area contributed by atoms with Crippen LogP contribution < -0.4 is 5.73 Å². The zero-order valence-electron chi connectivity index (χ0n) is 9.82. The van der Waals surface area contributed by atoms with Crippen molar-refractivity contribution < 1.29 is 4.39 Å². The van der Waals surface area contributed by atoms with Crippen LogP contribution >= 0.6 is 0 Å². The van der Waals surface area contributed by atoms with Gasteiger partial charge in [-0.2, -0.15) is 0 Å². The van der Waals surface area contributed by atoms with Crippen LogP contribution in [0.1, 0.15) is 48.6 Å². The molecule has 0 aromatic heterocycles. The quantitative estimate of drug-likeness (QED) is 0.695. The molecule has 1 aromatic rings. The van der Waals surface area contributed by atoms with Crippen LogP contribution in [0.25, 0.3) is 0 Å². The first-order chi connectivity index (χ1) is 6.84. The van der Waals surface area contributed by atoms with Crippen molar-refractivity contribution >= 4 is 0 Å². The molecule has 1 atom stereocenters. The third-order valence-electron chi connectivity index (χ3n) is 3.56. The fraction of sp³-hybridized carbons (Fsp3) is 0.538. The van der Waals surface area contributed by atoms with Gasteiger partial charge in [-0.05, 0) is 47.9 Å². The monoisotopic (exact) mass is 207 g/mol. The number of hydrogen-bond acceptors (Lipinski definition) is 1. The summed E-state index contributed by atoms with van der Waals surface area (Å²) in [7, 11) is 0. The maximum Gasteiger partial charge on any atom is 0.129 e. The lowest BCUT2D eigenvalue weighted by molar-refractivity contribution is 0.481. The summed E-state index contributed by atoms with van der Waals surface area (Å²) in [6.45, 7) is 8.01. The Hall–Kier alpha value is -0.890. The largest absolute Gasteiger partial charge is 0.324 e. The average Bonchev–Trinajstić information content (AvgIpc) is 2.33. The molecule has 2 heteroatoms.